The number of halogens is 1. The van der Waals surface area contributed by atoms with E-state index < -0.39 is 27.8 Å². The molecular formula is C21H27FN2O4S. The molecule has 0 heterocycles. The largest absolute Gasteiger partial charge is 0.492 e. The van der Waals surface area contributed by atoms with Crippen LogP contribution in [0, 0.1) is 5.82 Å². The molecule has 0 radical (unpaired) electrons. The fourth-order valence-corrected chi connectivity index (χ4v) is 4.14. The first-order chi connectivity index (χ1) is 13.8. The lowest BCUT2D eigenvalue weighted by atomic mass is 10.2. The lowest BCUT2D eigenvalue weighted by Crippen LogP contribution is -2.50. The second-order valence-corrected chi connectivity index (χ2v) is 8.46. The van der Waals surface area contributed by atoms with Gasteiger partial charge in [-0.05, 0) is 54.8 Å². The monoisotopic (exact) mass is 422 g/mol. The Morgan fingerprint density at radius 3 is 2.24 bits per heavy atom. The van der Waals surface area contributed by atoms with Crippen molar-refractivity contribution in [3.05, 3.63) is 59.9 Å². The highest BCUT2D eigenvalue weighted by atomic mass is 32.2. The SMILES string of the molecule is CCc1ccc(OCCNC(=O)[C@@H](CC)N(c2ccc(F)cc2)S(C)(=O)=O)cc1. The highest BCUT2D eigenvalue weighted by molar-refractivity contribution is 7.92. The summed E-state index contributed by atoms with van der Waals surface area (Å²) in [7, 11) is -3.75. The maximum Gasteiger partial charge on any atom is 0.244 e. The van der Waals surface area contributed by atoms with Gasteiger partial charge in [-0.3, -0.25) is 9.10 Å². The molecule has 29 heavy (non-hydrogen) atoms. The highest BCUT2D eigenvalue weighted by Gasteiger charge is 2.31. The van der Waals surface area contributed by atoms with E-state index in [1.807, 2.05) is 24.3 Å². The average Bonchev–Trinajstić information content (AvgIpc) is 2.69. The maximum absolute atomic E-state index is 13.2. The van der Waals surface area contributed by atoms with Gasteiger partial charge >= 0.3 is 0 Å². The van der Waals surface area contributed by atoms with Gasteiger partial charge in [-0.2, -0.15) is 0 Å². The van der Waals surface area contributed by atoms with Crippen LogP contribution in [0.25, 0.3) is 0 Å². The first kappa shape index (κ1) is 22.7. The normalized spacial score (nSPS) is 12.3. The van der Waals surface area contributed by atoms with Crippen LogP contribution in [0.3, 0.4) is 0 Å². The van der Waals surface area contributed by atoms with E-state index >= 15 is 0 Å². The number of nitrogens with zero attached hydrogens (tertiary/aromatic N) is 1. The molecule has 0 saturated carbocycles. The molecule has 0 aromatic heterocycles. The number of ether oxygens (including phenoxy) is 1. The molecule has 2 aromatic carbocycles. The molecule has 0 bridgehead atoms. The Balaban J connectivity index is 2.00. The Kier molecular flexibility index (Phi) is 8.01. The molecule has 8 heteroatoms. The Bertz CT molecular complexity index is 899. The zero-order chi connectivity index (χ0) is 21.4. The summed E-state index contributed by atoms with van der Waals surface area (Å²) in [6, 6.07) is 11.8. The van der Waals surface area contributed by atoms with E-state index in [9.17, 15) is 17.6 Å². The van der Waals surface area contributed by atoms with E-state index in [0.29, 0.717) is 5.75 Å². The zero-order valence-electron chi connectivity index (χ0n) is 16.9. The van der Waals surface area contributed by atoms with Crippen LogP contribution >= 0.6 is 0 Å². The molecule has 0 aliphatic heterocycles. The molecule has 0 saturated heterocycles. The summed E-state index contributed by atoms with van der Waals surface area (Å²) in [6.07, 6.45) is 2.23. The quantitative estimate of drug-likeness (QED) is 0.597. The smallest absolute Gasteiger partial charge is 0.244 e. The van der Waals surface area contributed by atoms with Gasteiger partial charge in [-0.1, -0.05) is 26.0 Å². The van der Waals surface area contributed by atoms with Crippen LogP contribution in [0.15, 0.2) is 48.5 Å². The molecule has 0 spiro atoms. The van der Waals surface area contributed by atoms with Gasteiger partial charge < -0.3 is 10.1 Å². The van der Waals surface area contributed by atoms with Crippen molar-refractivity contribution < 1.29 is 22.3 Å². The van der Waals surface area contributed by atoms with Crippen LogP contribution in [-0.2, 0) is 21.2 Å². The van der Waals surface area contributed by atoms with E-state index in [2.05, 4.69) is 12.2 Å². The average molecular weight is 423 g/mol. The molecule has 0 unspecified atom stereocenters. The Morgan fingerprint density at radius 2 is 1.72 bits per heavy atom. The minimum absolute atomic E-state index is 0.228. The van der Waals surface area contributed by atoms with Crippen LogP contribution in [0.2, 0.25) is 0 Å². The number of rotatable bonds is 10. The Labute approximate surface area is 171 Å². The van der Waals surface area contributed by atoms with Crippen molar-refractivity contribution in [1.29, 1.82) is 0 Å². The van der Waals surface area contributed by atoms with E-state index in [-0.39, 0.29) is 25.3 Å². The third-order valence-electron chi connectivity index (χ3n) is 4.41. The van der Waals surface area contributed by atoms with Crippen LogP contribution < -0.4 is 14.4 Å². The summed E-state index contributed by atoms with van der Waals surface area (Å²) in [5, 5.41) is 2.72. The molecule has 0 fully saturated rings. The predicted molar refractivity (Wildman–Crippen MR) is 112 cm³/mol. The van der Waals surface area contributed by atoms with E-state index in [1.165, 1.54) is 17.7 Å². The molecule has 6 nitrogen and oxygen atoms in total. The lowest BCUT2D eigenvalue weighted by molar-refractivity contribution is -0.122. The topological polar surface area (TPSA) is 75.7 Å². The fourth-order valence-electron chi connectivity index (χ4n) is 2.93. The van der Waals surface area contributed by atoms with Gasteiger partial charge in [0.25, 0.3) is 0 Å². The third kappa shape index (κ3) is 6.45. The number of amides is 1. The van der Waals surface area contributed by atoms with Gasteiger partial charge in [0.15, 0.2) is 0 Å². The van der Waals surface area contributed by atoms with Crippen molar-refractivity contribution in [3.63, 3.8) is 0 Å². The van der Waals surface area contributed by atoms with E-state index in [1.54, 1.807) is 6.92 Å². The van der Waals surface area contributed by atoms with Crippen molar-refractivity contribution >= 4 is 21.6 Å². The van der Waals surface area contributed by atoms with Crippen molar-refractivity contribution in [1.82, 2.24) is 5.32 Å². The van der Waals surface area contributed by atoms with Crippen molar-refractivity contribution in [2.75, 3.05) is 23.7 Å². The number of sulfonamides is 1. The molecule has 1 N–H and O–H groups in total. The van der Waals surface area contributed by atoms with Gasteiger partial charge in [0, 0.05) is 0 Å². The lowest BCUT2D eigenvalue weighted by Gasteiger charge is -2.30. The van der Waals surface area contributed by atoms with Gasteiger partial charge in [0.05, 0.1) is 18.5 Å². The number of nitrogens with one attached hydrogen (secondary N) is 1. The molecule has 1 atom stereocenters. The molecule has 0 aliphatic rings. The number of hydrogen-bond donors (Lipinski definition) is 1. The molecule has 0 aliphatic carbocycles. The summed E-state index contributed by atoms with van der Waals surface area (Å²) in [4.78, 5) is 12.7. The van der Waals surface area contributed by atoms with E-state index in [4.69, 9.17) is 4.74 Å². The van der Waals surface area contributed by atoms with Crippen LogP contribution in [-0.4, -0.2) is 39.8 Å². The Hall–Kier alpha value is -2.61. The predicted octanol–water partition coefficient (Wildman–Crippen LogP) is 3.13. The minimum Gasteiger partial charge on any atom is -0.492 e. The van der Waals surface area contributed by atoms with Crippen molar-refractivity contribution in [2.45, 2.75) is 32.7 Å². The molecule has 2 rings (SSSR count). The number of aryl methyl sites for hydroxylation is 1. The first-order valence-corrected chi connectivity index (χ1v) is 11.4. The van der Waals surface area contributed by atoms with Crippen molar-refractivity contribution in [3.8, 4) is 5.75 Å². The highest BCUT2D eigenvalue weighted by Crippen LogP contribution is 2.22. The van der Waals surface area contributed by atoms with E-state index in [0.717, 1.165) is 29.1 Å². The summed E-state index contributed by atoms with van der Waals surface area (Å²) in [6.45, 7) is 4.27. The summed E-state index contributed by atoms with van der Waals surface area (Å²) >= 11 is 0. The second-order valence-electron chi connectivity index (χ2n) is 6.60. The number of carbonyl (C=O) groups excluding carboxylic acids is 1. The summed E-state index contributed by atoms with van der Waals surface area (Å²) in [5.41, 5.74) is 1.45. The number of carbonyl (C=O) groups is 1. The fraction of sp³-hybridized carbons (Fsp3) is 0.381. The molecular weight excluding hydrogens is 395 g/mol. The number of anilines is 1. The van der Waals surface area contributed by atoms with Gasteiger partial charge in [-0.25, -0.2) is 12.8 Å². The number of hydrogen-bond acceptors (Lipinski definition) is 4. The van der Waals surface area contributed by atoms with Crippen LogP contribution in [0.4, 0.5) is 10.1 Å². The number of benzene rings is 2. The van der Waals surface area contributed by atoms with Crippen LogP contribution in [0.5, 0.6) is 5.75 Å². The minimum atomic E-state index is -3.75. The zero-order valence-corrected chi connectivity index (χ0v) is 17.7. The standard InChI is InChI=1S/C21H27FN2O4S/c1-4-16-6-12-19(13-7-16)28-15-14-23-21(25)20(5-2)24(29(3,26)27)18-10-8-17(22)9-11-18/h6-13,20H,4-5,14-15H2,1-3H3,(H,23,25)/t20-/m1/s1. The first-order valence-electron chi connectivity index (χ1n) is 9.50. The van der Waals surface area contributed by atoms with Gasteiger partial charge in [-0.15, -0.1) is 0 Å². The molecule has 158 valence electrons. The van der Waals surface area contributed by atoms with Crippen molar-refractivity contribution in [2.24, 2.45) is 0 Å². The summed E-state index contributed by atoms with van der Waals surface area (Å²) < 4.78 is 44.5. The van der Waals surface area contributed by atoms with Crippen LogP contribution in [0.1, 0.15) is 25.8 Å². The second kappa shape index (κ2) is 10.2. The van der Waals surface area contributed by atoms with Gasteiger partial charge in [0.2, 0.25) is 15.9 Å². The third-order valence-corrected chi connectivity index (χ3v) is 5.59. The summed E-state index contributed by atoms with van der Waals surface area (Å²) in [5.74, 6) is -0.219. The maximum atomic E-state index is 13.2. The molecule has 1 amide bonds. The Morgan fingerprint density at radius 1 is 1.10 bits per heavy atom. The van der Waals surface area contributed by atoms with Gasteiger partial charge in [0.1, 0.15) is 24.2 Å². The molecule has 2 aromatic rings.